The standard InChI is InChI=1S/C12H10N6OS.ClH/c19-10(14-12-13-6-7-20-12)8-18-16-11(15-17-18)9-4-2-1-3-5-9;/h1-7H,8H2,(H,13,14,19);1H. The monoisotopic (exact) mass is 322 g/mol. The molecule has 0 radical (unpaired) electrons. The molecule has 1 amide bonds. The summed E-state index contributed by atoms with van der Waals surface area (Å²) in [5, 5.41) is 17.0. The summed E-state index contributed by atoms with van der Waals surface area (Å²) in [7, 11) is 0. The van der Waals surface area contributed by atoms with Crippen LogP contribution in [-0.2, 0) is 11.3 Å². The molecule has 0 spiro atoms. The van der Waals surface area contributed by atoms with E-state index in [1.165, 1.54) is 16.1 Å². The summed E-state index contributed by atoms with van der Waals surface area (Å²) < 4.78 is 0. The van der Waals surface area contributed by atoms with E-state index in [-0.39, 0.29) is 24.9 Å². The van der Waals surface area contributed by atoms with Crippen molar-refractivity contribution in [1.29, 1.82) is 0 Å². The Bertz CT molecular complexity index is 700. The van der Waals surface area contributed by atoms with E-state index in [0.717, 1.165) is 5.56 Å². The fourth-order valence-corrected chi connectivity index (χ4v) is 2.13. The van der Waals surface area contributed by atoms with Crippen molar-refractivity contribution < 1.29 is 4.79 Å². The van der Waals surface area contributed by atoms with Gasteiger partial charge in [0.1, 0.15) is 6.54 Å². The summed E-state index contributed by atoms with van der Waals surface area (Å²) in [5.41, 5.74) is 0.860. The Morgan fingerprint density at radius 2 is 2.10 bits per heavy atom. The van der Waals surface area contributed by atoms with Gasteiger partial charge in [0.15, 0.2) is 5.13 Å². The van der Waals surface area contributed by atoms with Gasteiger partial charge in [0.05, 0.1) is 0 Å². The molecule has 3 aromatic rings. The Balaban J connectivity index is 0.00000161. The zero-order valence-corrected chi connectivity index (χ0v) is 12.3. The van der Waals surface area contributed by atoms with Crippen LogP contribution in [0.15, 0.2) is 41.9 Å². The third kappa shape index (κ3) is 3.83. The van der Waals surface area contributed by atoms with Crippen molar-refractivity contribution in [3.63, 3.8) is 0 Å². The maximum Gasteiger partial charge on any atom is 0.249 e. The van der Waals surface area contributed by atoms with Gasteiger partial charge in [0, 0.05) is 17.1 Å². The van der Waals surface area contributed by atoms with Crippen LogP contribution in [0.25, 0.3) is 11.4 Å². The van der Waals surface area contributed by atoms with E-state index in [0.29, 0.717) is 11.0 Å². The number of hydrogen-bond acceptors (Lipinski definition) is 6. The number of aromatic nitrogens is 5. The first kappa shape index (κ1) is 15.1. The molecule has 21 heavy (non-hydrogen) atoms. The lowest BCUT2D eigenvalue weighted by molar-refractivity contribution is -0.117. The first-order valence-electron chi connectivity index (χ1n) is 5.84. The average molecular weight is 323 g/mol. The molecule has 0 unspecified atom stereocenters. The number of rotatable bonds is 4. The Morgan fingerprint density at radius 3 is 2.81 bits per heavy atom. The molecule has 7 nitrogen and oxygen atoms in total. The van der Waals surface area contributed by atoms with E-state index in [9.17, 15) is 4.79 Å². The van der Waals surface area contributed by atoms with E-state index in [1.807, 2.05) is 30.3 Å². The third-order valence-electron chi connectivity index (χ3n) is 2.45. The summed E-state index contributed by atoms with van der Waals surface area (Å²) in [4.78, 5) is 17.0. The fraction of sp³-hybridized carbons (Fsp3) is 0.0833. The highest BCUT2D eigenvalue weighted by Gasteiger charge is 2.09. The number of benzene rings is 1. The second kappa shape index (κ2) is 6.91. The molecular weight excluding hydrogens is 312 g/mol. The van der Waals surface area contributed by atoms with Gasteiger partial charge in [0.25, 0.3) is 0 Å². The lowest BCUT2D eigenvalue weighted by Gasteiger charge is -1.99. The number of carbonyl (C=O) groups excluding carboxylic acids is 1. The number of hydrogen-bond donors (Lipinski definition) is 1. The van der Waals surface area contributed by atoms with Crippen molar-refractivity contribution in [2.45, 2.75) is 6.54 Å². The Hall–Kier alpha value is -2.32. The van der Waals surface area contributed by atoms with Gasteiger partial charge in [-0.2, -0.15) is 4.80 Å². The molecule has 0 aliphatic rings. The van der Waals surface area contributed by atoms with E-state index < -0.39 is 0 Å². The van der Waals surface area contributed by atoms with E-state index >= 15 is 0 Å². The third-order valence-corrected chi connectivity index (χ3v) is 3.14. The highest BCUT2D eigenvalue weighted by Crippen LogP contribution is 2.12. The number of anilines is 1. The van der Waals surface area contributed by atoms with E-state index in [2.05, 4.69) is 25.7 Å². The highest BCUT2D eigenvalue weighted by atomic mass is 35.5. The molecule has 0 aliphatic carbocycles. The van der Waals surface area contributed by atoms with Crippen LogP contribution in [-0.4, -0.2) is 31.1 Å². The smallest absolute Gasteiger partial charge is 0.249 e. The summed E-state index contributed by atoms with van der Waals surface area (Å²) in [6.07, 6.45) is 1.63. The Morgan fingerprint density at radius 1 is 1.29 bits per heavy atom. The lowest BCUT2D eigenvalue weighted by atomic mass is 10.2. The number of carbonyl (C=O) groups is 1. The molecule has 0 saturated heterocycles. The van der Waals surface area contributed by atoms with Crippen LogP contribution in [0.3, 0.4) is 0 Å². The minimum atomic E-state index is -0.239. The fourth-order valence-electron chi connectivity index (χ4n) is 1.59. The number of thiazole rings is 1. The average Bonchev–Trinajstić information content (AvgIpc) is 3.11. The van der Waals surface area contributed by atoms with Crippen molar-refractivity contribution in [1.82, 2.24) is 25.2 Å². The molecular formula is C12H11ClN6OS. The summed E-state index contributed by atoms with van der Waals surface area (Å²) in [6.45, 7) is -0.000582. The quantitative estimate of drug-likeness (QED) is 0.792. The van der Waals surface area contributed by atoms with Crippen molar-refractivity contribution in [3.05, 3.63) is 41.9 Å². The summed E-state index contributed by atoms with van der Waals surface area (Å²) in [5.74, 6) is 0.254. The van der Waals surface area contributed by atoms with Gasteiger partial charge in [-0.1, -0.05) is 30.3 Å². The molecule has 108 valence electrons. The first-order valence-corrected chi connectivity index (χ1v) is 6.72. The van der Waals surface area contributed by atoms with Crippen LogP contribution in [0.5, 0.6) is 0 Å². The number of halogens is 1. The summed E-state index contributed by atoms with van der Waals surface area (Å²) >= 11 is 1.36. The van der Waals surface area contributed by atoms with Crippen LogP contribution in [0.1, 0.15) is 0 Å². The van der Waals surface area contributed by atoms with Gasteiger partial charge in [-0.3, -0.25) is 4.79 Å². The minimum absolute atomic E-state index is 0. The maximum atomic E-state index is 11.8. The van der Waals surface area contributed by atoms with E-state index in [1.54, 1.807) is 11.6 Å². The molecule has 0 aliphatic heterocycles. The van der Waals surface area contributed by atoms with Gasteiger partial charge in [-0.05, 0) is 5.21 Å². The normalized spacial score (nSPS) is 9.90. The molecule has 0 saturated carbocycles. The zero-order valence-electron chi connectivity index (χ0n) is 10.7. The lowest BCUT2D eigenvalue weighted by Crippen LogP contribution is -2.20. The summed E-state index contributed by atoms with van der Waals surface area (Å²) in [6, 6.07) is 9.47. The van der Waals surface area contributed by atoms with E-state index in [4.69, 9.17) is 0 Å². The van der Waals surface area contributed by atoms with Crippen LogP contribution >= 0.6 is 23.7 Å². The predicted molar refractivity (Wildman–Crippen MR) is 81.2 cm³/mol. The second-order valence-corrected chi connectivity index (χ2v) is 4.79. The zero-order chi connectivity index (χ0) is 13.8. The predicted octanol–water partition coefficient (Wildman–Crippen LogP) is 1.86. The molecule has 1 aromatic carbocycles. The molecule has 3 rings (SSSR count). The largest absolute Gasteiger partial charge is 0.300 e. The van der Waals surface area contributed by atoms with Gasteiger partial charge in [-0.25, -0.2) is 4.98 Å². The van der Waals surface area contributed by atoms with Crippen LogP contribution in [0, 0.1) is 0 Å². The Kier molecular flexibility index (Phi) is 4.96. The number of nitrogens with zero attached hydrogens (tertiary/aromatic N) is 5. The number of amides is 1. The van der Waals surface area contributed by atoms with Gasteiger partial charge in [0.2, 0.25) is 11.7 Å². The van der Waals surface area contributed by atoms with Gasteiger partial charge in [-0.15, -0.1) is 33.9 Å². The van der Waals surface area contributed by atoms with Gasteiger partial charge < -0.3 is 5.32 Å². The molecule has 1 N–H and O–H groups in total. The second-order valence-electron chi connectivity index (χ2n) is 3.89. The molecule has 2 aromatic heterocycles. The maximum absolute atomic E-state index is 11.8. The van der Waals surface area contributed by atoms with Crippen LogP contribution < -0.4 is 5.32 Å². The number of tetrazole rings is 1. The van der Waals surface area contributed by atoms with Crippen LogP contribution in [0.4, 0.5) is 5.13 Å². The Labute approximate surface area is 130 Å². The SMILES string of the molecule is Cl.O=C(Cn1nnc(-c2ccccc2)n1)Nc1nccs1. The van der Waals surface area contributed by atoms with Crippen molar-refractivity contribution in [3.8, 4) is 11.4 Å². The first-order chi connectivity index (χ1) is 9.81. The number of nitrogens with one attached hydrogen (secondary N) is 1. The molecule has 0 bridgehead atoms. The molecule has 2 heterocycles. The minimum Gasteiger partial charge on any atom is -0.300 e. The van der Waals surface area contributed by atoms with Crippen molar-refractivity contribution >= 4 is 34.8 Å². The molecule has 9 heteroatoms. The van der Waals surface area contributed by atoms with Crippen molar-refractivity contribution in [2.75, 3.05) is 5.32 Å². The topological polar surface area (TPSA) is 85.6 Å². The van der Waals surface area contributed by atoms with Crippen molar-refractivity contribution in [2.24, 2.45) is 0 Å². The van der Waals surface area contributed by atoms with Crippen LogP contribution in [0.2, 0.25) is 0 Å². The van der Waals surface area contributed by atoms with Gasteiger partial charge >= 0.3 is 0 Å². The molecule has 0 fully saturated rings. The highest BCUT2D eigenvalue weighted by molar-refractivity contribution is 7.13. The molecule has 0 atom stereocenters.